The van der Waals surface area contributed by atoms with Gasteiger partial charge in [-0.25, -0.2) is 0 Å². The number of anilines is 6. The van der Waals surface area contributed by atoms with Crippen molar-refractivity contribution in [2.45, 2.75) is 39.0 Å². The molecule has 0 saturated carbocycles. The predicted molar refractivity (Wildman–Crippen MR) is 275 cm³/mol. The SMILES string of the molecule is CC(C)(C)c1ccc(-c2c3ccc(N(c4ccccc4)c4cccc5ccccc45)cc3c(C3=Cc4ccccc4CC3)c3ccc(N(c4ccccc4)c4ccccc4)cc23)cc1. The first-order valence-electron chi connectivity index (χ1n) is 22.6. The lowest BCUT2D eigenvalue weighted by molar-refractivity contribution is 0.590. The molecule has 0 unspecified atom stereocenters. The first-order chi connectivity index (χ1) is 31.4. The van der Waals surface area contributed by atoms with Crippen LogP contribution in [0.2, 0.25) is 0 Å². The molecule has 0 atom stereocenters. The van der Waals surface area contributed by atoms with Crippen LogP contribution in [0, 0.1) is 0 Å². The second-order valence-corrected chi connectivity index (χ2v) is 18.1. The topological polar surface area (TPSA) is 6.48 Å². The molecule has 0 heterocycles. The molecular weight excluding hydrogens is 773 g/mol. The second kappa shape index (κ2) is 16.2. The Morgan fingerprint density at radius 1 is 0.375 bits per heavy atom. The summed E-state index contributed by atoms with van der Waals surface area (Å²) >= 11 is 0. The van der Waals surface area contributed by atoms with Gasteiger partial charge in [0, 0.05) is 33.8 Å². The standard InChI is InChI=1S/C62H50N2/c1-62(2,3)48-34-32-45(33-35-48)60-55-39-37-53(64(51-26-11-6-12-27-51)59-29-17-21-44-19-15-16-28-54(44)59)42-58(55)61(47-31-30-43-18-13-14-20-46(43)40-47)56-38-36-52(41-57(56)60)63(49-22-7-4-8-23-49)50-24-9-5-10-25-50/h4-29,32-42H,30-31H2,1-3H3. The highest BCUT2D eigenvalue weighted by atomic mass is 15.1. The van der Waals surface area contributed by atoms with Crippen LogP contribution in [-0.2, 0) is 11.8 Å². The molecule has 0 amide bonds. The van der Waals surface area contributed by atoms with Crippen molar-refractivity contribution >= 4 is 78.1 Å². The molecule has 10 aromatic carbocycles. The van der Waals surface area contributed by atoms with Gasteiger partial charge in [0.1, 0.15) is 0 Å². The van der Waals surface area contributed by atoms with E-state index >= 15 is 0 Å². The molecule has 0 saturated heterocycles. The molecule has 0 fully saturated rings. The molecule has 0 bridgehead atoms. The highest BCUT2D eigenvalue weighted by Crippen LogP contribution is 2.49. The Labute approximate surface area is 377 Å². The Hall–Kier alpha value is -7.68. The van der Waals surface area contributed by atoms with E-state index in [9.17, 15) is 0 Å². The smallest absolute Gasteiger partial charge is 0.0540 e. The van der Waals surface area contributed by atoms with E-state index in [1.54, 1.807) is 0 Å². The van der Waals surface area contributed by atoms with Crippen molar-refractivity contribution < 1.29 is 0 Å². The van der Waals surface area contributed by atoms with Crippen LogP contribution in [0.5, 0.6) is 0 Å². The first kappa shape index (κ1) is 39.2. The molecule has 10 aromatic rings. The molecule has 0 radical (unpaired) electrons. The average Bonchev–Trinajstić information content (AvgIpc) is 3.34. The summed E-state index contributed by atoms with van der Waals surface area (Å²) in [5, 5.41) is 7.42. The summed E-state index contributed by atoms with van der Waals surface area (Å²) in [4.78, 5) is 4.83. The number of hydrogen-bond donors (Lipinski definition) is 0. The Bertz CT molecular complexity index is 3300. The number of benzene rings is 10. The number of rotatable bonds is 8. The Morgan fingerprint density at radius 2 is 0.906 bits per heavy atom. The Kier molecular flexibility index (Phi) is 9.93. The van der Waals surface area contributed by atoms with Crippen LogP contribution in [0.4, 0.5) is 34.1 Å². The Morgan fingerprint density at radius 3 is 1.56 bits per heavy atom. The largest absolute Gasteiger partial charge is 0.310 e. The minimum Gasteiger partial charge on any atom is -0.310 e. The maximum Gasteiger partial charge on any atom is 0.0540 e. The summed E-state index contributed by atoms with van der Waals surface area (Å²) < 4.78 is 0. The first-order valence-corrected chi connectivity index (χ1v) is 22.6. The zero-order valence-corrected chi connectivity index (χ0v) is 36.7. The minimum atomic E-state index is 0.0344. The highest BCUT2D eigenvalue weighted by Gasteiger charge is 2.25. The van der Waals surface area contributed by atoms with E-state index in [1.165, 1.54) is 71.3 Å². The fraction of sp³-hybridized carbons (Fsp3) is 0.0968. The van der Waals surface area contributed by atoms with Gasteiger partial charge in [-0.3, -0.25) is 0 Å². The van der Waals surface area contributed by atoms with Crippen LogP contribution in [-0.4, -0.2) is 0 Å². The van der Waals surface area contributed by atoms with E-state index in [2.05, 4.69) is 255 Å². The van der Waals surface area contributed by atoms with E-state index < -0.39 is 0 Å². The maximum absolute atomic E-state index is 2.47. The van der Waals surface area contributed by atoms with Crippen molar-refractivity contribution in [2.75, 3.05) is 9.80 Å². The molecule has 2 nitrogen and oxygen atoms in total. The summed E-state index contributed by atoms with van der Waals surface area (Å²) in [5.74, 6) is 0. The van der Waals surface area contributed by atoms with Gasteiger partial charge in [0.2, 0.25) is 0 Å². The van der Waals surface area contributed by atoms with Gasteiger partial charge >= 0.3 is 0 Å². The fourth-order valence-electron chi connectivity index (χ4n) is 9.91. The van der Waals surface area contributed by atoms with Crippen LogP contribution in [0.25, 0.3) is 55.1 Å². The number of allylic oxidation sites excluding steroid dienone is 1. The molecular formula is C62H50N2. The highest BCUT2D eigenvalue weighted by molar-refractivity contribution is 6.21. The number of aryl methyl sites for hydroxylation is 1. The second-order valence-electron chi connectivity index (χ2n) is 18.1. The van der Waals surface area contributed by atoms with Gasteiger partial charge in [0.05, 0.1) is 5.69 Å². The van der Waals surface area contributed by atoms with Gasteiger partial charge in [-0.05, 0) is 151 Å². The number of fused-ring (bicyclic) bond motifs is 4. The molecule has 0 aromatic heterocycles. The van der Waals surface area contributed by atoms with Crippen LogP contribution in [0.3, 0.4) is 0 Å². The van der Waals surface area contributed by atoms with Crippen LogP contribution in [0.1, 0.15) is 49.4 Å². The third-order valence-electron chi connectivity index (χ3n) is 13.1. The van der Waals surface area contributed by atoms with E-state index in [0.29, 0.717) is 0 Å². The number of nitrogens with zero attached hydrogens (tertiary/aromatic N) is 2. The molecule has 0 spiro atoms. The summed E-state index contributed by atoms with van der Waals surface area (Å²) in [5.41, 5.74) is 16.0. The van der Waals surface area contributed by atoms with Gasteiger partial charge in [0.25, 0.3) is 0 Å². The predicted octanol–water partition coefficient (Wildman–Crippen LogP) is 17.5. The molecule has 0 aliphatic heterocycles. The third kappa shape index (κ3) is 7.12. The summed E-state index contributed by atoms with van der Waals surface area (Å²) in [6.07, 6.45) is 4.42. The third-order valence-corrected chi connectivity index (χ3v) is 13.1. The average molecular weight is 823 g/mol. The lowest BCUT2D eigenvalue weighted by atomic mass is 9.80. The summed E-state index contributed by atoms with van der Waals surface area (Å²) in [6.45, 7) is 6.88. The molecule has 11 rings (SSSR count). The van der Waals surface area contributed by atoms with Crippen LogP contribution in [0.15, 0.2) is 218 Å². The minimum absolute atomic E-state index is 0.0344. The van der Waals surface area contributed by atoms with Gasteiger partial charge in [-0.2, -0.15) is 0 Å². The zero-order valence-electron chi connectivity index (χ0n) is 36.7. The normalized spacial score (nSPS) is 12.6. The molecule has 64 heavy (non-hydrogen) atoms. The van der Waals surface area contributed by atoms with Gasteiger partial charge in [0.15, 0.2) is 0 Å². The van der Waals surface area contributed by atoms with Gasteiger partial charge in [-0.1, -0.05) is 179 Å². The summed E-state index contributed by atoms with van der Waals surface area (Å²) in [6, 6.07) is 80.4. The number of para-hydroxylation sites is 3. The molecule has 1 aliphatic carbocycles. The van der Waals surface area contributed by atoms with Crippen molar-refractivity contribution in [1.29, 1.82) is 0 Å². The molecule has 0 N–H and O–H groups in total. The Balaban J connectivity index is 1.25. The zero-order chi connectivity index (χ0) is 43.2. The van der Waals surface area contributed by atoms with Crippen LogP contribution >= 0.6 is 0 Å². The quantitative estimate of drug-likeness (QED) is 0.141. The molecule has 1 aliphatic rings. The van der Waals surface area contributed by atoms with E-state index in [0.717, 1.165) is 47.0 Å². The van der Waals surface area contributed by atoms with Crippen LogP contribution < -0.4 is 9.80 Å². The lowest BCUT2D eigenvalue weighted by Crippen LogP contribution is -2.11. The van der Waals surface area contributed by atoms with E-state index in [-0.39, 0.29) is 5.41 Å². The van der Waals surface area contributed by atoms with E-state index in [1.807, 2.05) is 0 Å². The molecule has 308 valence electrons. The fourth-order valence-corrected chi connectivity index (χ4v) is 9.91. The van der Waals surface area contributed by atoms with Gasteiger partial charge < -0.3 is 9.80 Å². The maximum atomic E-state index is 2.47. The van der Waals surface area contributed by atoms with Crippen molar-refractivity contribution in [3.05, 3.63) is 241 Å². The van der Waals surface area contributed by atoms with Crippen molar-refractivity contribution in [3.8, 4) is 11.1 Å². The van der Waals surface area contributed by atoms with Crippen molar-refractivity contribution in [2.24, 2.45) is 0 Å². The van der Waals surface area contributed by atoms with E-state index in [4.69, 9.17) is 0 Å². The lowest BCUT2D eigenvalue weighted by Gasteiger charge is -2.29. The van der Waals surface area contributed by atoms with Gasteiger partial charge in [-0.15, -0.1) is 0 Å². The molecule has 2 heteroatoms. The summed E-state index contributed by atoms with van der Waals surface area (Å²) in [7, 11) is 0. The van der Waals surface area contributed by atoms with Crippen molar-refractivity contribution in [1.82, 2.24) is 0 Å². The monoisotopic (exact) mass is 822 g/mol. The van der Waals surface area contributed by atoms with Crippen molar-refractivity contribution in [3.63, 3.8) is 0 Å². The number of hydrogen-bond acceptors (Lipinski definition) is 2.